The Kier molecular flexibility index (Phi) is 5.30. The topological polar surface area (TPSA) is 3.24 Å². The Bertz CT molecular complexity index is 809. The molecule has 0 radical (unpaired) electrons. The van der Waals surface area contributed by atoms with E-state index < -0.39 is 11.3 Å². The third kappa shape index (κ3) is 4.15. The van der Waals surface area contributed by atoms with E-state index in [2.05, 4.69) is 43.0 Å². The van der Waals surface area contributed by atoms with E-state index in [1.807, 2.05) is 24.3 Å². The Morgan fingerprint density at radius 2 is 1.54 bits per heavy atom. The third-order valence-electron chi connectivity index (χ3n) is 6.54. The lowest BCUT2D eigenvalue weighted by Gasteiger charge is -2.28. The third-order valence-corrected chi connectivity index (χ3v) is 6.54. The molecule has 2 saturated carbocycles. The fourth-order valence-corrected chi connectivity index (χ4v) is 4.22. The minimum absolute atomic E-state index is 0.435. The molecule has 150 valence electrons. The molecule has 0 saturated heterocycles. The van der Waals surface area contributed by atoms with Crippen molar-refractivity contribution in [2.45, 2.75) is 76.3 Å². The van der Waals surface area contributed by atoms with Crippen molar-refractivity contribution < 1.29 is 8.78 Å². The van der Waals surface area contributed by atoms with Crippen LogP contribution in [-0.4, -0.2) is 17.5 Å². The summed E-state index contributed by atoms with van der Waals surface area (Å²) in [5, 5.41) is 0. The second-order valence-corrected chi connectivity index (χ2v) is 8.75. The van der Waals surface area contributed by atoms with E-state index in [4.69, 9.17) is 0 Å². The standard InChI is InChI=1S/C25H31F2N/c1-3-28(18-21-7-5-4-6-8-21)19(2)9-10-20-11-12-22(24(26)13-14-24)23(17-20)25(27)15-16-25/h4-8,11-12,17,19H,3,9-10,13-16,18H2,1-2H3. The number of rotatable bonds is 9. The minimum atomic E-state index is -1.28. The summed E-state index contributed by atoms with van der Waals surface area (Å²) in [5.41, 5.74) is 1.17. The van der Waals surface area contributed by atoms with Crippen LogP contribution in [0.15, 0.2) is 48.5 Å². The summed E-state index contributed by atoms with van der Waals surface area (Å²) in [6, 6.07) is 16.8. The van der Waals surface area contributed by atoms with Gasteiger partial charge in [-0.2, -0.15) is 0 Å². The molecule has 3 heteroatoms. The minimum Gasteiger partial charge on any atom is -0.297 e. The number of halogens is 2. The maximum Gasteiger partial charge on any atom is 0.136 e. The summed E-state index contributed by atoms with van der Waals surface area (Å²) in [6.07, 6.45) is 4.07. The SMILES string of the molecule is CCN(Cc1ccccc1)C(C)CCc1ccc(C2(F)CC2)c(C2(F)CC2)c1. The van der Waals surface area contributed by atoms with Crippen molar-refractivity contribution in [2.24, 2.45) is 0 Å². The van der Waals surface area contributed by atoms with Crippen molar-refractivity contribution in [1.29, 1.82) is 0 Å². The van der Waals surface area contributed by atoms with Gasteiger partial charge >= 0.3 is 0 Å². The molecule has 0 N–H and O–H groups in total. The Morgan fingerprint density at radius 1 is 0.893 bits per heavy atom. The number of alkyl halides is 2. The van der Waals surface area contributed by atoms with Crippen LogP contribution in [0.3, 0.4) is 0 Å². The van der Waals surface area contributed by atoms with Crippen LogP contribution in [0.4, 0.5) is 8.78 Å². The predicted octanol–water partition coefficient (Wildman–Crippen LogP) is 6.45. The number of hydrogen-bond acceptors (Lipinski definition) is 1. The summed E-state index contributed by atoms with van der Waals surface area (Å²) in [7, 11) is 0. The number of aryl methyl sites for hydroxylation is 1. The van der Waals surface area contributed by atoms with Crippen molar-refractivity contribution in [2.75, 3.05) is 6.54 Å². The molecule has 0 aromatic heterocycles. The van der Waals surface area contributed by atoms with Crippen LogP contribution < -0.4 is 0 Å². The van der Waals surface area contributed by atoms with Crippen LogP contribution >= 0.6 is 0 Å². The molecule has 28 heavy (non-hydrogen) atoms. The average molecular weight is 384 g/mol. The van der Waals surface area contributed by atoms with Gasteiger partial charge in [0.05, 0.1) is 0 Å². The first-order valence-electron chi connectivity index (χ1n) is 10.7. The first kappa shape index (κ1) is 19.6. The van der Waals surface area contributed by atoms with Crippen LogP contribution in [0.1, 0.15) is 68.2 Å². The molecule has 2 fully saturated rings. The van der Waals surface area contributed by atoms with Gasteiger partial charge in [-0.05, 0) is 74.2 Å². The zero-order valence-electron chi connectivity index (χ0n) is 17.1. The van der Waals surface area contributed by atoms with Crippen LogP contribution in [0.2, 0.25) is 0 Å². The maximum atomic E-state index is 14.9. The zero-order valence-corrected chi connectivity index (χ0v) is 17.1. The average Bonchev–Trinajstić information content (AvgIpc) is 3.64. The van der Waals surface area contributed by atoms with E-state index in [9.17, 15) is 8.78 Å². The number of hydrogen-bond donors (Lipinski definition) is 0. The molecule has 4 rings (SSSR count). The molecule has 0 spiro atoms. The maximum absolute atomic E-state index is 14.9. The second-order valence-electron chi connectivity index (χ2n) is 8.75. The number of nitrogens with zero attached hydrogens (tertiary/aromatic N) is 1. The van der Waals surface area contributed by atoms with Crippen molar-refractivity contribution in [1.82, 2.24) is 4.90 Å². The molecule has 2 aromatic rings. The monoisotopic (exact) mass is 383 g/mol. The Labute approximate surface area is 167 Å². The van der Waals surface area contributed by atoms with Crippen molar-refractivity contribution in [3.05, 3.63) is 70.8 Å². The van der Waals surface area contributed by atoms with Gasteiger partial charge in [0, 0.05) is 12.6 Å². The van der Waals surface area contributed by atoms with Gasteiger partial charge in [0.2, 0.25) is 0 Å². The molecule has 2 aliphatic carbocycles. The van der Waals surface area contributed by atoms with Gasteiger partial charge in [-0.1, -0.05) is 55.5 Å². The van der Waals surface area contributed by atoms with Crippen molar-refractivity contribution in [3.8, 4) is 0 Å². The highest BCUT2D eigenvalue weighted by Crippen LogP contribution is 2.58. The first-order valence-corrected chi connectivity index (χ1v) is 10.7. The van der Waals surface area contributed by atoms with E-state index in [-0.39, 0.29) is 0 Å². The highest BCUT2D eigenvalue weighted by Gasteiger charge is 2.53. The summed E-state index contributed by atoms with van der Waals surface area (Å²) in [5.74, 6) is 0. The fourth-order valence-electron chi connectivity index (χ4n) is 4.22. The van der Waals surface area contributed by atoms with Gasteiger partial charge in [0.15, 0.2) is 0 Å². The molecule has 1 nitrogen and oxygen atoms in total. The molecule has 0 heterocycles. The highest BCUT2D eigenvalue weighted by atomic mass is 19.1. The van der Waals surface area contributed by atoms with E-state index in [1.165, 1.54) is 5.56 Å². The van der Waals surface area contributed by atoms with Gasteiger partial charge in [0.1, 0.15) is 11.3 Å². The van der Waals surface area contributed by atoms with E-state index in [1.54, 1.807) is 0 Å². The van der Waals surface area contributed by atoms with Gasteiger partial charge in [0.25, 0.3) is 0 Å². The Balaban J connectivity index is 1.42. The predicted molar refractivity (Wildman–Crippen MR) is 111 cm³/mol. The molecule has 1 atom stereocenters. The summed E-state index contributed by atoms with van der Waals surface area (Å²) < 4.78 is 29.6. The van der Waals surface area contributed by atoms with Crippen LogP contribution in [-0.2, 0) is 24.3 Å². The van der Waals surface area contributed by atoms with Crippen LogP contribution in [0.5, 0.6) is 0 Å². The normalized spacial score (nSPS) is 20.2. The van der Waals surface area contributed by atoms with Gasteiger partial charge in [-0.25, -0.2) is 8.78 Å². The first-order chi connectivity index (χ1) is 13.4. The van der Waals surface area contributed by atoms with E-state index in [0.29, 0.717) is 42.9 Å². The summed E-state index contributed by atoms with van der Waals surface area (Å²) >= 11 is 0. The molecule has 2 aromatic carbocycles. The van der Waals surface area contributed by atoms with Gasteiger partial charge in [-0.15, -0.1) is 0 Å². The van der Waals surface area contributed by atoms with Gasteiger partial charge in [-0.3, -0.25) is 4.90 Å². The summed E-state index contributed by atoms with van der Waals surface area (Å²) in [4.78, 5) is 2.48. The largest absolute Gasteiger partial charge is 0.297 e. The molecule has 0 aliphatic heterocycles. The molecule has 0 amide bonds. The fraction of sp³-hybridized carbons (Fsp3) is 0.520. The Morgan fingerprint density at radius 3 is 2.14 bits per heavy atom. The lowest BCUT2D eigenvalue weighted by atomic mass is 9.92. The molecule has 1 unspecified atom stereocenters. The van der Waals surface area contributed by atoms with Crippen molar-refractivity contribution in [3.63, 3.8) is 0 Å². The van der Waals surface area contributed by atoms with Crippen molar-refractivity contribution >= 4 is 0 Å². The van der Waals surface area contributed by atoms with E-state index >= 15 is 0 Å². The molecular weight excluding hydrogens is 352 g/mol. The van der Waals surface area contributed by atoms with Crippen LogP contribution in [0.25, 0.3) is 0 Å². The zero-order chi connectivity index (χ0) is 19.8. The van der Waals surface area contributed by atoms with E-state index in [0.717, 1.165) is 31.5 Å². The molecule has 0 bridgehead atoms. The van der Waals surface area contributed by atoms with Gasteiger partial charge < -0.3 is 0 Å². The number of benzene rings is 2. The molecular formula is C25H31F2N. The van der Waals surface area contributed by atoms with Crippen LogP contribution in [0, 0.1) is 0 Å². The highest BCUT2D eigenvalue weighted by molar-refractivity contribution is 5.44. The lowest BCUT2D eigenvalue weighted by molar-refractivity contribution is 0.201. The Hall–Kier alpha value is -1.74. The molecule has 2 aliphatic rings. The quantitative estimate of drug-likeness (QED) is 0.481. The smallest absolute Gasteiger partial charge is 0.136 e. The lowest BCUT2D eigenvalue weighted by Crippen LogP contribution is -2.32. The summed E-state index contributed by atoms with van der Waals surface area (Å²) in [6.45, 7) is 6.40. The second kappa shape index (κ2) is 7.59.